The number of anilines is 1. The van der Waals surface area contributed by atoms with Gasteiger partial charge in [-0.05, 0) is 32.0 Å². The van der Waals surface area contributed by atoms with Gasteiger partial charge in [0.15, 0.2) is 0 Å². The molecule has 0 saturated heterocycles. The van der Waals surface area contributed by atoms with Gasteiger partial charge in [0.05, 0.1) is 18.0 Å². The number of carbonyl (C=O) groups excluding carboxylic acids is 1. The summed E-state index contributed by atoms with van der Waals surface area (Å²) in [4.78, 5) is 26.3. The van der Waals surface area contributed by atoms with Crippen molar-refractivity contribution < 1.29 is 9.53 Å². The third-order valence-corrected chi connectivity index (χ3v) is 2.86. The van der Waals surface area contributed by atoms with E-state index < -0.39 is 0 Å². The maximum Gasteiger partial charge on any atom is 0.325 e. The summed E-state index contributed by atoms with van der Waals surface area (Å²) < 4.78 is 4.96. The molecule has 0 N–H and O–H groups in total. The molecule has 6 nitrogen and oxygen atoms in total. The number of ether oxygens (including phenoxy) is 1. The molecule has 0 unspecified atom stereocenters. The van der Waals surface area contributed by atoms with E-state index in [0.717, 1.165) is 11.4 Å². The smallest absolute Gasteiger partial charge is 0.325 e. The molecule has 0 amide bonds. The minimum atomic E-state index is -0.286. The summed E-state index contributed by atoms with van der Waals surface area (Å²) in [7, 11) is 0. The summed E-state index contributed by atoms with van der Waals surface area (Å²) in [6.45, 7) is 4.84. The molecule has 0 bridgehead atoms. The Balaban J connectivity index is 2.21. The lowest BCUT2D eigenvalue weighted by molar-refractivity contribution is -0.141. The highest BCUT2D eigenvalue weighted by atomic mass is 16.5. The van der Waals surface area contributed by atoms with Gasteiger partial charge in [-0.3, -0.25) is 9.78 Å². The van der Waals surface area contributed by atoms with Crippen molar-refractivity contribution in [1.82, 2.24) is 15.0 Å². The zero-order chi connectivity index (χ0) is 15.1. The van der Waals surface area contributed by atoms with Crippen LogP contribution >= 0.6 is 0 Å². The first kappa shape index (κ1) is 14.9. The summed E-state index contributed by atoms with van der Waals surface area (Å²) in [5, 5.41) is 0. The zero-order valence-corrected chi connectivity index (χ0v) is 12.2. The molecular weight excluding hydrogens is 268 g/mol. The van der Waals surface area contributed by atoms with E-state index in [-0.39, 0.29) is 12.5 Å². The van der Waals surface area contributed by atoms with E-state index in [1.54, 1.807) is 30.3 Å². The summed E-state index contributed by atoms with van der Waals surface area (Å²) >= 11 is 0. The molecule has 0 aliphatic carbocycles. The van der Waals surface area contributed by atoms with Crippen LogP contribution in [-0.4, -0.2) is 40.6 Å². The standard InChI is InChI=1S/C15H18N4O2/c1-3-19(11-14(20)21-4-2)15-17-10-8-13(18-15)12-7-5-6-9-16-12/h5-10H,3-4,11H2,1-2H3. The van der Waals surface area contributed by atoms with Crippen LogP contribution in [0.25, 0.3) is 11.4 Å². The fourth-order valence-electron chi connectivity index (χ4n) is 1.84. The Kier molecular flexibility index (Phi) is 5.20. The van der Waals surface area contributed by atoms with Gasteiger partial charge in [0.25, 0.3) is 0 Å². The number of likely N-dealkylation sites (N-methyl/N-ethyl adjacent to an activating group) is 1. The minimum absolute atomic E-state index is 0.135. The number of carbonyl (C=O) groups is 1. The molecule has 0 aliphatic rings. The van der Waals surface area contributed by atoms with Crippen LogP contribution in [0.1, 0.15) is 13.8 Å². The van der Waals surface area contributed by atoms with E-state index in [0.29, 0.717) is 19.1 Å². The van der Waals surface area contributed by atoms with Crippen molar-refractivity contribution >= 4 is 11.9 Å². The number of nitrogens with zero attached hydrogens (tertiary/aromatic N) is 4. The number of aromatic nitrogens is 3. The Bertz CT molecular complexity index is 589. The zero-order valence-electron chi connectivity index (χ0n) is 12.2. The molecule has 21 heavy (non-hydrogen) atoms. The Morgan fingerprint density at radius 1 is 1.14 bits per heavy atom. The highest BCUT2D eigenvalue weighted by Crippen LogP contribution is 2.16. The van der Waals surface area contributed by atoms with Gasteiger partial charge in [-0.15, -0.1) is 0 Å². The quantitative estimate of drug-likeness (QED) is 0.756. The fourth-order valence-corrected chi connectivity index (χ4v) is 1.84. The van der Waals surface area contributed by atoms with Gasteiger partial charge in [0.1, 0.15) is 6.54 Å². The lowest BCUT2D eigenvalue weighted by Crippen LogP contribution is -2.32. The van der Waals surface area contributed by atoms with Crippen molar-refractivity contribution in [3.63, 3.8) is 0 Å². The lowest BCUT2D eigenvalue weighted by atomic mass is 10.2. The van der Waals surface area contributed by atoms with Gasteiger partial charge in [0.2, 0.25) is 5.95 Å². The first-order chi connectivity index (χ1) is 10.2. The molecule has 0 radical (unpaired) electrons. The van der Waals surface area contributed by atoms with E-state index in [1.807, 2.05) is 25.1 Å². The minimum Gasteiger partial charge on any atom is -0.465 e. The Hall–Kier alpha value is -2.50. The van der Waals surface area contributed by atoms with Crippen LogP contribution in [0.4, 0.5) is 5.95 Å². The number of pyridine rings is 1. The van der Waals surface area contributed by atoms with Gasteiger partial charge in [-0.25, -0.2) is 9.97 Å². The SMILES string of the molecule is CCOC(=O)CN(CC)c1nccc(-c2ccccn2)n1. The fraction of sp³-hybridized carbons (Fsp3) is 0.333. The van der Waals surface area contributed by atoms with Gasteiger partial charge in [0, 0.05) is 18.9 Å². The van der Waals surface area contributed by atoms with Crippen LogP contribution in [0.5, 0.6) is 0 Å². The summed E-state index contributed by atoms with van der Waals surface area (Å²) in [5.41, 5.74) is 1.50. The Morgan fingerprint density at radius 3 is 2.67 bits per heavy atom. The van der Waals surface area contributed by atoms with E-state index in [9.17, 15) is 4.79 Å². The molecule has 0 spiro atoms. The van der Waals surface area contributed by atoms with Crippen molar-refractivity contribution in [1.29, 1.82) is 0 Å². The monoisotopic (exact) mass is 286 g/mol. The van der Waals surface area contributed by atoms with Crippen LogP contribution in [0.2, 0.25) is 0 Å². The van der Waals surface area contributed by atoms with E-state index in [2.05, 4.69) is 15.0 Å². The van der Waals surface area contributed by atoms with Crippen LogP contribution in [-0.2, 0) is 9.53 Å². The molecule has 0 atom stereocenters. The molecule has 0 saturated carbocycles. The predicted molar refractivity (Wildman–Crippen MR) is 79.8 cm³/mol. The second-order valence-corrected chi connectivity index (χ2v) is 4.28. The Labute approximate surface area is 123 Å². The number of rotatable bonds is 6. The average molecular weight is 286 g/mol. The first-order valence-electron chi connectivity index (χ1n) is 6.89. The van der Waals surface area contributed by atoms with Gasteiger partial charge < -0.3 is 9.64 Å². The van der Waals surface area contributed by atoms with Crippen LogP contribution in [0, 0.1) is 0 Å². The maximum absolute atomic E-state index is 11.6. The summed E-state index contributed by atoms with van der Waals surface area (Å²) in [6, 6.07) is 7.43. The molecule has 2 heterocycles. The van der Waals surface area contributed by atoms with Crippen molar-refractivity contribution in [2.24, 2.45) is 0 Å². The predicted octanol–water partition coefficient (Wildman–Crippen LogP) is 1.93. The molecule has 2 aromatic rings. The molecule has 2 aromatic heterocycles. The summed E-state index contributed by atoms with van der Waals surface area (Å²) in [5.74, 6) is 0.208. The van der Waals surface area contributed by atoms with Gasteiger partial charge in [-0.2, -0.15) is 0 Å². The second kappa shape index (κ2) is 7.33. The van der Waals surface area contributed by atoms with Crippen molar-refractivity contribution in [2.75, 3.05) is 24.6 Å². The van der Waals surface area contributed by atoms with Crippen molar-refractivity contribution in [3.8, 4) is 11.4 Å². The second-order valence-electron chi connectivity index (χ2n) is 4.28. The van der Waals surface area contributed by atoms with Gasteiger partial charge >= 0.3 is 5.97 Å². The lowest BCUT2D eigenvalue weighted by Gasteiger charge is -2.19. The Morgan fingerprint density at radius 2 is 2.00 bits per heavy atom. The maximum atomic E-state index is 11.6. The molecule has 0 aliphatic heterocycles. The van der Waals surface area contributed by atoms with Crippen molar-refractivity contribution in [2.45, 2.75) is 13.8 Å². The van der Waals surface area contributed by atoms with Crippen molar-refractivity contribution in [3.05, 3.63) is 36.7 Å². The molecule has 6 heteroatoms. The first-order valence-corrected chi connectivity index (χ1v) is 6.89. The molecule has 2 rings (SSSR count). The number of esters is 1. The molecule has 110 valence electrons. The molecule has 0 fully saturated rings. The highest BCUT2D eigenvalue weighted by Gasteiger charge is 2.14. The third kappa shape index (κ3) is 3.98. The van der Waals surface area contributed by atoms with E-state index in [4.69, 9.17) is 4.74 Å². The van der Waals surface area contributed by atoms with Crippen LogP contribution in [0.3, 0.4) is 0 Å². The van der Waals surface area contributed by atoms with E-state index in [1.165, 1.54) is 0 Å². The number of hydrogen-bond acceptors (Lipinski definition) is 6. The number of hydrogen-bond donors (Lipinski definition) is 0. The van der Waals surface area contributed by atoms with Gasteiger partial charge in [-0.1, -0.05) is 6.07 Å². The summed E-state index contributed by atoms with van der Waals surface area (Å²) in [6.07, 6.45) is 3.38. The van der Waals surface area contributed by atoms with Crippen LogP contribution in [0.15, 0.2) is 36.7 Å². The molecular formula is C15H18N4O2. The van der Waals surface area contributed by atoms with E-state index >= 15 is 0 Å². The average Bonchev–Trinajstić information content (AvgIpc) is 2.54. The highest BCUT2D eigenvalue weighted by molar-refractivity contribution is 5.75. The largest absolute Gasteiger partial charge is 0.465 e. The van der Waals surface area contributed by atoms with Crippen LogP contribution < -0.4 is 4.90 Å². The normalized spacial score (nSPS) is 10.2. The third-order valence-electron chi connectivity index (χ3n) is 2.86. The topological polar surface area (TPSA) is 68.2 Å². The molecule has 0 aromatic carbocycles.